The van der Waals surface area contributed by atoms with Crippen LogP contribution in [0.2, 0.25) is 0 Å². The van der Waals surface area contributed by atoms with Gasteiger partial charge in [-0.25, -0.2) is 0 Å². The van der Waals surface area contributed by atoms with Crippen LogP contribution in [0.4, 0.5) is 0 Å². The topological polar surface area (TPSA) is 72.5 Å². The molecule has 16 heavy (non-hydrogen) atoms. The van der Waals surface area contributed by atoms with Crippen LogP contribution in [-0.2, 0) is 19.1 Å². The van der Waals surface area contributed by atoms with Gasteiger partial charge < -0.3 is 5.32 Å². The highest BCUT2D eigenvalue weighted by molar-refractivity contribution is 7.86. The maximum Gasteiger partial charge on any atom is 0.267 e. The van der Waals surface area contributed by atoms with Gasteiger partial charge in [-0.3, -0.25) is 8.98 Å². The summed E-state index contributed by atoms with van der Waals surface area (Å²) in [6.07, 6.45) is 0.997. The van der Waals surface area contributed by atoms with Crippen molar-refractivity contribution in [3.8, 4) is 0 Å². The Balaban J connectivity index is 3.62. The van der Waals surface area contributed by atoms with Crippen molar-refractivity contribution in [1.29, 1.82) is 0 Å². The third-order valence-corrected chi connectivity index (χ3v) is 3.15. The molecule has 0 aliphatic carbocycles. The van der Waals surface area contributed by atoms with Gasteiger partial charge in [0.15, 0.2) is 0 Å². The van der Waals surface area contributed by atoms with Crippen molar-refractivity contribution in [3.05, 3.63) is 12.2 Å². The molecule has 0 rings (SSSR count). The molecule has 1 amide bonds. The molecule has 0 bridgehead atoms. The molecular weight excluding hydrogens is 230 g/mol. The van der Waals surface area contributed by atoms with Crippen LogP contribution >= 0.6 is 0 Å². The van der Waals surface area contributed by atoms with Gasteiger partial charge in [0.05, 0.1) is 12.4 Å². The first-order valence-electron chi connectivity index (χ1n) is 5.20. The van der Waals surface area contributed by atoms with E-state index in [1.165, 1.54) is 0 Å². The molecule has 0 fully saturated rings. The van der Waals surface area contributed by atoms with E-state index in [0.717, 1.165) is 0 Å². The second-order valence-corrected chi connectivity index (χ2v) is 5.23. The predicted octanol–water partition coefficient (Wildman–Crippen LogP) is 0.825. The molecule has 0 unspecified atom stereocenters. The number of rotatable bonds is 8. The highest BCUT2D eigenvalue weighted by Gasteiger charge is 2.08. The zero-order valence-corrected chi connectivity index (χ0v) is 10.6. The highest BCUT2D eigenvalue weighted by atomic mass is 32.2. The van der Waals surface area contributed by atoms with Gasteiger partial charge in [0, 0.05) is 12.1 Å². The van der Waals surface area contributed by atoms with E-state index in [1.807, 2.05) is 0 Å². The highest BCUT2D eigenvalue weighted by Crippen LogP contribution is 1.97. The van der Waals surface area contributed by atoms with Crippen LogP contribution in [0, 0.1) is 0 Å². The summed E-state index contributed by atoms with van der Waals surface area (Å²) in [5.41, 5.74) is 0.430. The van der Waals surface area contributed by atoms with E-state index in [9.17, 15) is 13.2 Å². The zero-order valence-electron chi connectivity index (χ0n) is 9.78. The Kier molecular flexibility index (Phi) is 7.00. The third kappa shape index (κ3) is 7.42. The third-order valence-electron chi connectivity index (χ3n) is 1.71. The second kappa shape index (κ2) is 7.40. The van der Waals surface area contributed by atoms with Gasteiger partial charge in [-0.05, 0) is 19.8 Å². The Morgan fingerprint density at radius 3 is 2.56 bits per heavy atom. The van der Waals surface area contributed by atoms with Crippen molar-refractivity contribution < 1.29 is 17.4 Å². The fourth-order valence-corrected chi connectivity index (χ4v) is 1.91. The monoisotopic (exact) mass is 249 g/mol. The smallest absolute Gasteiger partial charge is 0.267 e. The molecule has 0 aliphatic rings. The summed E-state index contributed by atoms with van der Waals surface area (Å²) in [6, 6.07) is 0. The van der Waals surface area contributed by atoms with Crippen LogP contribution in [0.5, 0.6) is 0 Å². The number of hydrogen-bond donors (Lipinski definition) is 1. The maximum atomic E-state index is 11.1. The lowest BCUT2D eigenvalue weighted by molar-refractivity contribution is -0.117. The average Bonchev–Trinajstić information content (AvgIpc) is 2.16. The Hall–Kier alpha value is -0.880. The van der Waals surface area contributed by atoms with Gasteiger partial charge in [-0.15, -0.1) is 0 Å². The van der Waals surface area contributed by atoms with Crippen LogP contribution in [-0.4, -0.2) is 33.2 Å². The SMILES string of the molecule is C=C(C)C(=O)NCCCOS(=O)(=O)CCC. The summed E-state index contributed by atoms with van der Waals surface area (Å²) in [6.45, 7) is 7.34. The van der Waals surface area contributed by atoms with Crippen LogP contribution in [0.15, 0.2) is 12.2 Å². The van der Waals surface area contributed by atoms with Crippen molar-refractivity contribution >= 4 is 16.0 Å². The Bertz CT molecular complexity index is 335. The number of amides is 1. The number of nitrogens with one attached hydrogen (secondary N) is 1. The van der Waals surface area contributed by atoms with Gasteiger partial charge in [0.25, 0.3) is 10.1 Å². The fourth-order valence-electron chi connectivity index (χ4n) is 0.920. The van der Waals surface area contributed by atoms with E-state index in [4.69, 9.17) is 4.18 Å². The maximum absolute atomic E-state index is 11.1. The lowest BCUT2D eigenvalue weighted by Gasteiger charge is -2.05. The van der Waals surface area contributed by atoms with Crippen molar-refractivity contribution in [3.63, 3.8) is 0 Å². The summed E-state index contributed by atoms with van der Waals surface area (Å²) >= 11 is 0. The first-order valence-corrected chi connectivity index (χ1v) is 6.77. The molecule has 5 nitrogen and oxygen atoms in total. The Morgan fingerprint density at radius 1 is 1.44 bits per heavy atom. The number of hydrogen-bond acceptors (Lipinski definition) is 4. The molecule has 0 aromatic heterocycles. The summed E-state index contributed by atoms with van der Waals surface area (Å²) in [5, 5.41) is 2.59. The standard InChI is InChI=1S/C10H19NO4S/c1-4-8-16(13,14)15-7-5-6-11-10(12)9(2)3/h2,4-8H2,1,3H3,(H,11,12). The summed E-state index contributed by atoms with van der Waals surface area (Å²) < 4.78 is 26.9. The summed E-state index contributed by atoms with van der Waals surface area (Å²) in [5.74, 6) is -0.193. The van der Waals surface area contributed by atoms with E-state index in [2.05, 4.69) is 11.9 Å². The molecule has 0 heterocycles. The Labute approximate surface area is 97.0 Å². The molecule has 0 saturated carbocycles. The molecule has 1 N–H and O–H groups in total. The van der Waals surface area contributed by atoms with Crippen molar-refractivity contribution in [2.75, 3.05) is 18.9 Å². The fraction of sp³-hybridized carbons (Fsp3) is 0.700. The van der Waals surface area contributed by atoms with Crippen LogP contribution < -0.4 is 5.32 Å². The van der Waals surface area contributed by atoms with E-state index in [1.54, 1.807) is 13.8 Å². The normalized spacial score (nSPS) is 11.1. The van der Waals surface area contributed by atoms with Gasteiger partial charge in [-0.1, -0.05) is 13.5 Å². The van der Waals surface area contributed by atoms with E-state index in [0.29, 0.717) is 25.0 Å². The minimum absolute atomic E-state index is 0.0329. The zero-order chi connectivity index (χ0) is 12.6. The predicted molar refractivity (Wildman–Crippen MR) is 62.5 cm³/mol. The van der Waals surface area contributed by atoms with Gasteiger partial charge in [0.2, 0.25) is 5.91 Å². The minimum atomic E-state index is -3.38. The molecule has 94 valence electrons. The largest absolute Gasteiger partial charge is 0.352 e. The van der Waals surface area contributed by atoms with Crippen LogP contribution in [0.1, 0.15) is 26.7 Å². The van der Waals surface area contributed by atoms with Gasteiger partial charge in [-0.2, -0.15) is 8.42 Å². The van der Waals surface area contributed by atoms with Gasteiger partial charge >= 0.3 is 0 Å². The summed E-state index contributed by atoms with van der Waals surface area (Å²) in [7, 11) is -3.38. The molecule has 6 heteroatoms. The molecule has 0 spiro atoms. The molecule has 0 radical (unpaired) electrons. The second-order valence-electron chi connectivity index (χ2n) is 3.47. The Morgan fingerprint density at radius 2 is 2.06 bits per heavy atom. The van der Waals surface area contributed by atoms with Gasteiger partial charge in [0.1, 0.15) is 0 Å². The first kappa shape index (κ1) is 15.1. The quantitative estimate of drug-likeness (QED) is 0.393. The lowest BCUT2D eigenvalue weighted by atomic mass is 10.3. The van der Waals surface area contributed by atoms with Crippen molar-refractivity contribution in [1.82, 2.24) is 5.32 Å². The van der Waals surface area contributed by atoms with Crippen LogP contribution in [0.25, 0.3) is 0 Å². The number of carbonyl (C=O) groups is 1. The number of carbonyl (C=O) groups excluding carboxylic acids is 1. The minimum Gasteiger partial charge on any atom is -0.352 e. The van der Waals surface area contributed by atoms with Crippen molar-refractivity contribution in [2.24, 2.45) is 0 Å². The lowest BCUT2D eigenvalue weighted by Crippen LogP contribution is -2.25. The van der Waals surface area contributed by atoms with Crippen LogP contribution in [0.3, 0.4) is 0 Å². The van der Waals surface area contributed by atoms with E-state index in [-0.39, 0.29) is 18.3 Å². The summed E-state index contributed by atoms with van der Waals surface area (Å²) in [4.78, 5) is 11.0. The molecule has 0 aromatic carbocycles. The molecular formula is C10H19NO4S. The average molecular weight is 249 g/mol. The van der Waals surface area contributed by atoms with E-state index >= 15 is 0 Å². The van der Waals surface area contributed by atoms with Crippen molar-refractivity contribution in [2.45, 2.75) is 26.7 Å². The molecule has 0 aliphatic heterocycles. The molecule has 0 saturated heterocycles. The van der Waals surface area contributed by atoms with E-state index < -0.39 is 10.1 Å². The molecule has 0 aromatic rings. The first-order chi connectivity index (χ1) is 7.39. The molecule has 0 atom stereocenters.